The number of carbonyl (C=O) groups is 2. The predicted octanol–water partition coefficient (Wildman–Crippen LogP) is 1.87. The molecule has 1 atom stereocenters. The lowest BCUT2D eigenvalue weighted by Gasteiger charge is -2.20. The highest BCUT2D eigenvalue weighted by molar-refractivity contribution is 7.91. The Balaban J connectivity index is 2.75. The molecule has 0 saturated carbocycles. The summed E-state index contributed by atoms with van der Waals surface area (Å²) in [5.41, 5.74) is 0.193. The standard InChI is InChI=1S/C13H16F2N2O5S/c1-8(11(18)19)7-17(2)13(20)16-9-3-5-10(6-4-9)23(21,22)12(14)15/h3-6,8,12H,7H2,1-2H3,(H,16,20)(H,18,19). The molecule has 0 bridgehead atoms. The van der Waals surface area contributed by atoms with Crippen molar-refractivity contribution in [3.8, 4) is 0 Å². The number of sulfone groups is 1. The van der Waals surface area contributed by atoms with E-state index in [2.05, 4.69) is 5.32 Å². The number of carboxylic acids is 1. The van der Waals surface area contributed by atoms with Gasteiger partial charge in [-0.05, 0) is 24.3 Å². The number of carbonyl (C=O) groups excluding carboxylic acids is 1. The van der Waals surface area contributed by atoms with Crippen molar-refractivity contribution < 1.29 is 31.9 Å². The van der Waals surface area contributed by atoms with Gasteiger partial charge >= 0.3 is 17.8 Å². The van der Waals surface area contributed by atoms with E-state index in [4.69, 9.17) is 5.11 Å². The molecule has 1 unspecified atom stereocenters. The number of benzene rings is 1. The molecule has 1 aromatic rings. The zero-order chi connectivity index (χ0) is 17.8. The number of hydrogen-bond acceptors (Lipinski definition) is 4. The molecule has 7 nitrogen and oxygen atoms in total. The monoisotopic (exact) mass is 350 g/mol. The second kappa shape index (κ2) is 7.36. The van der Waals surface area contributed by atoms with Crippen LogP contribution in [0.1, 0.15) is 6.92 Å². The van der Waals surface area contributed by atoms with Crippen molar-refractivity contribution in [1.29, 1.82) is 0 Å². The number of alkyl halides is 2. The quantitative estimate of drug-likeness (QED) is 0.815. The third-order valence-electron chi connectivity index (χ3n) is 2.98. The van der Waals surface area contributed by atoms with Crippen LogP contribution in [-0.2, 0) is 14.6 Å². The van der Waals surface area contributed by atoms with Crippen LogP contribution in [0.4, 0.5) is 19.3 Å². The fourth-order valence-electron chi connectivity index (χ4n) is 1.62. The number of rotatable bonds is 6. The molecule has 0 aliphatic rings. The molecule has 0 aliphatic carbocycles. The third-order valence-corrected chi connectivity index (χ3v) is 4.38. The van der Waals surface area contributed by atoms with Gasteiger partial charge in [0.25, 0.3) is 0 Å². The van der Waals surface area contributed by atoms with Gasteiger partial charge in [-0.25, -0.2) is 13.2 Å². The summed E-state index contributed by atoms with van der Waals surface area (Å²) in [6.45, 7) is 1.41. The smallest absolute Gasteiger partial charge is 0.341 e. The Bertz CT molecular complexity index is 676. The molecule has 0 spiro atoms. The summed E-state index contributed by atoms with van der Waals surface area (Å²) < 4.78 is 47.3. The molecule has 0 radical (unpaired) electrons. The molecule has 10 heteroatoms. The fourth-order valence-corrected chi connectivity index (χ4v) is 2.34. The number of urea groups is 1. The Morgan fingerprint density at radius 3 is 2.22 bits per heavy atom. The van der Waals surface area contributed by atoms with Gasteiger partial charge in [0.15, 0.2) is 0 Å². The van der Waals surface area contributed by atoms with E-state index in [1.807, 2.05) is 0 Å². The van der Waals surface area contributed by atoms with Crippen LogP contribution in [0.5, 0.6) is 0 Å². The van der Waals surface area contributed by atoms with E-state index in [0.29, 0.717) is 0 Å². The highest BCUT2D eigenvalue weighted by Crippen LogP contribution is 2.20. The van der Waals surface area contributed by atoms with Gasteiger partial charge in [-0.2, -0.15) is 8.78 Å². The van der Waals surface area contributed by atoms with Crippen LogP contribution in [0.15, 0.2) is 29.2 Å². The molecule has 128 valence electrons. The first-order valence-electron chi connectivity index (χ1n) is 6.42. The number of nitrogens with one attached hydrogen (secondary N) is 1. The summed E-state index contributed by atoms with van der Waals surface area (Å²) in [7, 11) is -3.29. The molecular weight excluding hydrogens is 334 g/mol. The molecule has 2 amide bonds. The van der Waals surface area contributed by atoms with Crippen LogP contribution in [0.25, 0.3) is 0 Å². The van der Waals surface area contributed by atoms with Gasteiger partial charge in [-0.3, -0.25) is 4.79 Å². The van der Waals surface area contributed by atoms with Crippen molar-refractivity contribution in [2.45, 2.75) is 17.6 Å². The normalized spacial score (nSPS) is 12.7. The molecule has 1 rings (SSSR count). The number of nitrogens with zero attached hydrogens (tertiary/aromatic N) is 1. The van der Waals surface area contributed by atoms with Gasteiger partial charge in [-0.1, -0.05) is 6.92 Å². The van der Waals surface area contributed by atoms with E-state index in [9.17, 15) is 26.8 Å². The van der Waals surface area contributed by atoms with E-state index >= 15 is 0 Å². The number of halogens is 2. The molecule has 0 heterocycles. The number of amides is 2. The highest BCUT2D eigenvalue weighted by atomic mass is 32.2. The van der Waals surface area contributed by atoms with Crippen LogP contribution in [0.2, 0.25) is 0 Å². The molecule has 0 saturated heterocycles. The summed E-state index contributed by atoms with van der Waals surface area (Å²) in [5.74, 6) is -5.33. The second-order valence-electron chi connectivity index (χ2n) is 4.88. The number of aliphatic carboxylic acids is 1. The minimum Gasteiger partial charge on any atom is -0.481 e. The lowest BCUT2D eigenvalue weighted by Crippen LogP contribution is -2.36. The average Bonchev–Trinajstić information content (AvgIpc) is 2.47. The Hall–Kier alpha value is -2.23. The first kappa shape index (κ1) is 18.8. The molecule has 1 aromatic carbocycles. The molecule has 23 heavy (non-hydrogen) atoms. The first-order chi connectivity index (χ1) is 10.6. The maximum Gasteiger partial charge on any atom is 0.341 e. The van der Waals surface area contributed by atoms with Crippen LogP contribution in [0.3, 0.4) is 0 Å². The van der Waals surface area contributed by atoms with E-state index in [1.165, 1.54) is 26.1 Å². The largest absolute Gasteiger partial charge is 0.481 e. The van der Waals surface area contributed by atoms with Crippen LogP contribution >= 0.6 is 0 Å². The number of anilines is 1. The summed E-state index contributed by atoms with van der Waals surface area (Å²) in [6.07, 6.45) is 0. The van der Waals surface area contributed by atoms with Gasteiger partial charge in [0.2, 0.25) is 9.84 Å². The van der Waals surface area contributed by atoms with Crippen molar-refractivity contribution in [2.24, 2.45) is 5.92 Å². The van der Waals surface area contributed by atoms with Crippen molar-refractivity contribution >= 4 is 27.5 Å². The Labute approximate surface area is 131 Å². The minimum absolute atomic E-state index is 0.0288. The Morgan fingerprint density at radius 2 is 1.78 bits per heavy atom. The zero-order valence-corrected chi connectivity index (χ0v) is 13.2. The molecule has 0 fully saturated rings. The lowest BCUT2D eigenvalue weighted by atomic mass is 10.2. The third kappa shape index (κ3) is 4.88. The fraction of sp³-hybridized carbons (Fsp3) is 0.385. The summed E-state index contributed by atoms with van der Waals surface area (Å²) in [5, 5.41) is 11.2. The van der Waals surface area contributed by atoms with E-state index in [0.717, 1.165) is 17.0 Å². The maximum atomic E-state index is 12.4. The van der Waals surface area contributed by atoms with Crippen molar-refractivity contribution in [3.63, 3.8) is 0 Å². The maximum absolute atomic E-state index is 12.4. The van der Waals surface area contributed by atoms with Crippen LogP contribution in [0, 0.1) is 5.92 Å². The van der Waals surface area contributed by atoms with Crippen molar-refractivity contribution in [3.05, 3.63) is 24.3 Å². The van der Waals surface area contributed by atoms with Crippen LogP contribution in [-0.4, -0.2) is 49.8 Å². The van der Waals surface area contributed by atoms with Crippen LogP contribution < -0.4 is 5.32 Å². The zero-order valence-electron chi connectivity index (χ0n) is 12.4. The molecule has 0 aliphatic heterocycles. The van der Waals surface area contributed by atoms with Crippen molar-refractivity contribution in [1.82, 2.24) is 4.90 Å². The first-order valence-corrected chi connectivity index (χ1v) is 7.97. The molecular formula is C13H16F2N2O5S. The molecule has 2 N–H and O–H groups in total. The van der Waals surface area contributed by atoms with Crippen molar-refractivity contribution in [2.75, 3.05) is 18.9 Å². The van der Waals surface area contributed by atoms with Gasteiger partial charge in [0, 0.05) is 19.3 Å². The Morgan fingerprint density at radius 1 is 1.26 bits per heavy atom. The summed E-state index contributed by atoms with van der Waals surface area (Å²) in [4.78, 5) is 23.2. The average molecular weight is 350 g/mol. The van der Waals surface area contributed by atoms with Gasteiger partial charge in [0.1, 0.15) is 0 Å². The number of hydrogen-bond donors (Lipinski definition) is 2. The summed E-state index contributed by atoms with van der Waals surface area (Å²) in [6, 6.07) is 3.64. The van der Waals surface area contributed by atoms with E-state index in [1.54, 1.807) is 0 Å². The number of carboxylic acid groups (broad SMARTS) is 1. The predicted molar refractivity (Wildman–Crippen MR) is 78.1 cm³/mol. The van der Waals surface area contributed by atoms with E-state index in [-0.39, 0.29) is 12.2 Å². The van der Waals surface area contributed by atoms with E-state index < -0.39 is 38.4 Å². The SMILES string of the molecule is CC(CN(C)C(=O)Nc1ccc(S(=O)(=O)C(F)F)cc1)C(=O)O. The highest BCUT2D eigenvalue weighted by Gasteiger charge is 2.26. The topological polar surface area (TPSA) is 104 Å². The lowest BCUT2D eigenvalue weighted by molar-refractivity contribution is -0.141. The Kier molecular flexibility index (Phi) is 6.02. The minimum atomic E-state index is -4.69. The summed E-state index contributed by atoms with van der Waals surface area (Å²) >= 11 is 0. The second-order valence-corrected chi connectivity index (χ2v) is 6.80. The van der Waals surface area contributed by atoms with Gasteiger partial charge < -0.3 is 15.3 Å². The van der Waals surface area contributed by atoms with Gasteiger partial charge in [0.05, 0.1) is 10.8 Å². The van der Waals surface area contributed by atoms with Gasteiger partial charge in [-0.15, -0.1) is 0 Å². The molecule has 0 aromatic heterocycles.